The van der Waals surface area contributed by atoms with Crippen LogP contribution in [0.25, 0.3) is 0 Å². The van der Waals surface area contributed by atoms with E-state index in [1.54, 1.807) is 0 Å². The predicted molar refractivity (Wildman–Crippen MR) is 55.3 cm³/mol. The molecule has 0 spiro atoms. The van der Waals surface area contributed by atoms with E-state index in [0.29, 0.717) is 10.9 Å². The van der Waals surface area contributed by atoms with Crippen LogP contribution in [0.3, 0.4) is 0 Å². The summed E-state index contributed by atoms with van der Waals surface area (Å²) in [7, 11) is 0. The van der Waals surface area contributed by atoms with E-state index in [-0.39, 0.29) is 0 Å². The van der Waals surface area contributed by atoms with Gasteiger partial charge in [0.1, 0.15) is 0 Å². The highest BCUT2D eigenvalue weighted by molar-refractivity contribution is 9.09. The first kappa shape index (κ1) is 11.2. The molecule has 0 amide bonds. The van der Waals surface area contributed by atoms with E-state index in [4.69, 9.17) is 0 Å². The third-order valence-electron chi connectivity index (χ3n) is 1.50. The molecule has 0 aromatic heterocycles. The highest BCUT2D eigenvalue weighted by Crippen LogP contribution is 2.05. The van der Waals surface area contributed by atoms with Crippen LogP contribution in [0.2, 0.25) is 0 Å². The van der Waals surface area contributed by atoms with E-state index in [1.807, 2.05) is 6.92 Å². The van der Waals surface area contributed by atoms with Gasteiger partial charge in [-0.2, -0.15) is 0 Å². The molecule has 1 N–H and O–H groups in total. The first-order chi connectivity index (χ1) is 5.16. The number of alkyl halides is 1. The van der Waals surface area contributed by atoms with Crippen LogP contribution in [0.15, 0.2) is 12.2 Å². The van der Waals surface area contributed by atoms with Crippen molar-refractivity contribution >= 4 is 15.9 Å². The Labute approximate surface area is 78.4 Å². The summed E-state index contributed by atoms with van der Waals surface area (Å²) < 4.78 is 0. The number of rotatable bonds is 5. The number of hydrogen-bond donors (Lipinski definition) is 1. The Kier molecular flexibility index (Phi) is 6.98. The van der Waals surface area contributed by atoms with Gasteiger partial charge in [-0.15, -0.1) is 0 Å². The van der Waals surface area contributed by atoms with Crippen LogP contribution in [0, 0.1) is 0 Å². The van der Waals surface area contributed by atoms with Crippen molar-refractivity contribution < 1.29 is 0 Å². The lowest BCUT2D eigenvalue weighted by Crippen LogP contribution is -2.27. The molecule has 0 aliphatic carbocycles. The molecule has 0 saturated heterocycles. The quantitative estimate of drug-likeness (QED) is 0.554. The first-order valence-corrected chi connectivity index (χ1v) is 5.07. The number of halogens is 1. The molecule has 2 unspecified atom stereocenters. The number of hydrogen-bond acceptors (Lipinski definition) is 1. The minimum absolute atomic E-state index is 0.598. The average Bonchev–Trinajstić information content (AvgIpc) is 1.86. The summed E-state index contributed by atoms with van der Waals surface area (Å²) in [4.78, 5) is 0.607. The van der Waals surface area contributed by atoms with Crippen molar-refractivity contribution in [3.05, 3.63) is 12.2 Å². The largest absolute Gasteiger partial charge is 0.311 e. The van der Waals surface area contributed by atoms with Gasteiger partial charge in [0, 0.05) is 17.4 Å². The lowest BCUT2D eigenvalue weighted by atomic mass is 10.2. The van der Waals surface area contributed by atoms with Crippen molar-refractivity contribution in [1.29, 1.82) is 0 Å². The molecule has 1 nitrogen and oxygen atoms in total. The SMILES string of the molecule is C/C=C/CNC(C)CC(C)Br. The maximum absolute atomic E-state index is 3.53. The summed E-state index contributed by atoms with van der Waals surface area (Å²) in [5.74, 6) is 0. The highest BCUT2D eigenvalue weighted by atomic mass is 79.9. The summed E-state index contributed by atoms with van der Waals surface area (Å²) >= 11 is 3.53. The van der Waals surface area contributed by atoms with Crippen molar-refractivity contribution in [2.75, 3.05) is 6.54 Å². The van der Waals surface area contributed by atoms with Gasteiger partial charge in [-0.25, -0.2) is 0 Å². The van der Waals surface area contributed by atoms with Gasteiger partial charge < -0.3 is 5.32 Å². The van der Waals surface area contributed by atoms with E-state index in [9.17, 15) is 0 Å². The van der Waals surface area contributed by atoms with E-state index >= 15 is 0 Å². The average molecular weight is 220 g/mol. The summed E-state index contributed by atoms with van der Waals surface area (Å²) in [6.45, 7) is 7.41. The van der Waals surface area contributed by atoms with Crippen LogP contribution in [0.5, 0.6) is 0 Å². The third-order valence-corrected chi connectivity index (χ3v) is 1.87. The summed E-state index contributed by atoms with van der Waals surface area (Å²) in [6.07, 6.45) is 5.38. The molecule has 11 heavy (non-hydrogen) atoms. The first-order valence-electron chi connectivity index (χ1n) is 4.15. The molecule has 2 heteroatoms. The maximum atomic E-state index is 3.53. The second kappa shape index (κ2) is 6.86. The number of allylic oxidation sites excluding steroid dienone is 1. The van der Waals surface area contributed by atoms with Crippen LogP contribution < -0.4 is 5.32 Å². The second-order valence-corrected chi connectivity index (χ2v) is 4.46. The van der Waals surface area contributed by atoms with Gasteiger partial charge in [-0.05, 0) is 20.3 Å². The van der Waals surface area contributed by atoms with Crippen molar-refractivity contribution in [1.82, 2.24) is 5.32 Å². The van der Waals surface area contributed by atoms with E-state index in [0.717, 1.165) is 6.54 Å². The van der Waals surface area contributed by atoms with Crippen LogP contribution in [-0.4, -0.2) is 17.4 Å². The Bertz CT molecular complexity index is 110. The van der Waals surface area contributed by atoms with Gasteiger partial charge in [-0.3, -0.25) is 0 Å². The van der Waals surface area contributed by atoms with Crippen LogP contribution in [0.1, 0.15) is 27.2 Å². The number of nitrogens with one attached hydrogen (secondary N) is 1. The fraction of sp³-hybridized carbons (Fsp3) is 0.778. The van der Waals surface area contributed by atoms with Crippen LogP contribution in [-0.2, 0) is 0 Å². The van der Waals surface area contributed by atoms with Gasteiger partial charge in [-0.1, -0.05) is 35.0 Å². The van der Waals surface area contributed by atoms with Crippen molar-refractivity contribution in [3.8, 4) is 0 Å². The topological polar surface area (TPSA) is 12.0 Å². The van der Waals surface area contributed by atoms with Gasteiger partial charge in [0.25, 0.3) is 0 Å². The Morgan fingerprint density at radius 1 is 1.45 bits per heavy atom. The fourth-order valence-corrected chi connectivity index (χ4v) is 1.52. The van der Waals surface area contributed by atoms with Gasteiger partial charge in [0.05, 0.1) is 0 Å². The second-order valence-electron chi connectivity index (χ2n) is 2.89. The van der Waals surface area contributed by atoms with Crippen LogP contribution in [0.4, 0.5) is 0 Å². The lowest BCUT2D eigenvalue weighted by Gasteiger charge is -2.13. The van der Waals surface area contributed by atoms with E-state index in [2.05, 4.69) is 47.2 Å². The molecule has 0 fully saturated rings. The molecule has 0 aromatic carbocycles. The molecule has 66 valence electrons. The fourth-order valence-electron chi connectivity index (χ4n) is 0.958. The molecule has 0 aromatic rings. The standard InChI is InChI=1S/C9H18BrN/c1-4-5-6-11-9(3)7-8(2)10/h4-5,8-9,11H,6-7H2,1-3H3/b5-4+. The molecule has 0 saturated carbocycles. The Morgan fingerprint density at radius 2 is 2.09 bits per heavy atom. The summed E-state index contributed by atoms with van der Waals surface area (Å²) in [5.41, 5.74) is 0. The lowest BCUT2D eigenvalue weighted by molar-refractivity contribution is 0.544. The zero-order valence-corrected chi connectivity index (χ0v) is 9.19. The van der Waals surface area contributed by atoms with Crippen LogP contribution >= 0.6 is 15.9 Å². The Balaban J connectivity index is 3.29. The third kappa shape index (κ3) is 8.08. The van der Waals surface area contributed by atoms with E-state index in [1.165, 1.54) is 6.42 Å². The minimum Gasteiger partial charge on any atom is -0.311 e. The van der Waals surface area contributed by atoms with Gasteiger partial charge in [0.2, 0.25) is 0 Å². The van der Waals surface area contributed by atoms with Gasteiger partial charge in [0.15, 0.2) is 0 Å². The molecular formula is C9H18BrN. The summed E-state index contributed by atoms with van der Waals surface area (Å²) in [5, 5.41) is 3.40. The molecular weight excluding hydrogens is 202 g/mol. The molecule has 0 rings (SSSR count). The summed E-state index contributed by atoms with van der Waals surface area (Å²) in [6, 6.07) is 0.598. The zero-order valence-electron chi connectivity index (χ0n) is 7.60. The molecule has 0 bridgehead atoms. The normalized spacial score (nSPS) is 17.1. The Hall–Kier alpha value is 0.180. The minimum atomic E-state index is 0.598. The zero-order chi connectivity index (χ0) is 8.69. The smallest absolute Gasteiger partial charge is 0.0137 e. The molecule has 0 radical (unpaired) electrons. The maximum Gasteiger partial charge on any atom is 0.0137 e. The van der Waals surface area contributed by atoms with E-state index < -0.39 is 0 Å². The van der Waals surface area contributed by atoms with Crippen molar-refractivity contribution in [2.24, 2.45) is 0 Å². The molecule has 0 aliphatic heterocycles. The monoisotopic (exact) mass is 219 g/mol. The predicted octanol–water partition coefficient (Wildman–Crippen LogP) is 2.71. The molecule has 2 atom stereocenters. The van der Waals surface area contributed by atoms with Crippen molar-refractivity contribution in [3.63, 3.8) is 0 Å². The Morgan fingerprint density at radius 3 is 2.55 bits per heavy atom. The highest BCUT2D eigenvalue weighted by Gasteiger charge is 2.02. The van der Waals surface area contributed by atoms with Crippen molar-refractivity contribution in [2.45, 2.75) is 38.1 Å². The molecule has 0 heterocycles. The molecule has 0 aliphatic rings. The van der Waals surface area contributed by atoms with Gasteiger partial charge >= 0.3 is 0 Å².